The molecule has 2 unspecified atom stereocenters. The molecule has 0 aromatic carbocycles. The second-order valence-corrected chi connectivity index (χ2v) is 3.50. The summed E-state index contributed by atoms with van der Waals surface area (Å²) in [5, 5.41) is 11.3. The molecule has 0 aromatic rings. The Kier molecular flexibility index (Phi) is 4.80. The van der Waals surface area contributed by atoms with E-state index in [9.17, 15) is 9.59 Å². The molecule has 1 aliphatic heterocycles. The molecule has 0 bridgehead atoms. The first-order chi connectivity index (χ1) is 7.65. The van der Waals surface area contributed by atoms with Crippen LogP contribution < -0.4 is 5.32 Å². The van der Waals surface area contributed by atoms with Gasteiger partial charge in [-0.15, -0.1) is 11.8 Å². The standard InChI is InChI=1S/C11H15NO4/c1-2-3-4-7-12-10(13)8-5-6-9(16-8)11(14)15/h8-9H,4-7H2,1H3,(H,12,13)(H,14,15). The number of aliphatic carboxylic acids is 1. The van der Waals surface area contributed by atoms with E-state index in [0.717, 1.165) is 0 Å². The molecule has 1 saturated heterocycles. The first kappa shape index (κ1) is 12.5. The number of rotatable bonds is 4. The molecular formula is C11H15NO4. The highest BCUT2D eigenvalue weighted by molar-refractivity contribution is 5.82. The molecule has 0 aromatic heterocycles. The van der Waals surface area contributed by atoms with Gasteiger partial charge in [0.2, 0.25) is 5.91 Å². The lowest BCUT2D eigenvalue weighted by Gasteiger charge is -2.10. The van der Waals surface area contributed by atoms with Crippen molar-refractivity contribution in [2.75, 3.05) is 6.54 Å². The Morgan fingerprint density at radius 3 is 2.69 bits per heavy atom. The predicted molar refractivity (Wildman–Crippen MR) is 56.6 cm³/mol. The second-order valence-electron chi connectivity index (χ2n) is 3.50. The highest BCUT2D eigenvalue weighted by Crippen LogP contribution is 2.19. The molecular weight excluding hydrogens is 210 g/mol. The van der Waals surface area contributed by atoms with Gasteiger partial charge in [-0.05, 0) is 19.8 Å². The summed E-state index contributed by atoms with van der Waals surface area (Å²) >= 11 is 0. The van der Waals surface area contributed by atoms with Gasteiger partial charge in [-0.1, -0.05) is 0 Å². The zero-order valence-corrected chi connectivity index (χ0v) is 9.16. The van der Waals surface area contributed by atoms with Crippen LogP contribution in [0.5, 0.6) is 0 Å². The fourth-order valence-corrected chi connectivity index (χ4v) is 1.50. The maximum Gasteiger partial charge on any atom is 0.332 e. The van der Waals surface area contributed by atoms with Crippen molar-refractivity contribution in [3.05, 3.63) is 0 Å². The van der Waals surface area contributed by atoms with Gasteiger partial charge in [-0.25, -0.2) is 4.79 Å². The number of carbonyl (C=O) groups is 2. The zero-order chi connectivity index (χ0) is 12.0. The quantitative estimate of drug-likeness (QED) is 0.527. The molecule has 0 saturated carbocycles. The van der Waals surface area contributed by atoms with Crippen LogP contribution in [0.2, 0.25) is 0 Å². The highest BCUT2D eigenvalue weighted by atomic mass is 16.5. The first-order valence-electron chi connectivity index (χ1n) is 5.20. The van der Waals surface area contributed by atoms with Gasteiger partial charge < -0.3 is 15.2 Å². The highest BCUT2D eigenvalue weighted by Gasteiger charge is 2.34. The summed E-state index contributed by atoms with van der Waals surface area (Å²) in [5.41, 5.74) is 0. The maximum absolute atomic E-state index is 11.5. The number of ether oxygens (including phenoxy) is 1. The fraction of sp³-hybridized carbons (Fsp3) is 0.636. The van der Waals surface area contributed by atoms with Gasteiger partial charge >= 0.3 is 5.97 Å². The van der Waals surface area contributed by atoms with Gasteiger partial charge in [-0.2, -0.15) is 0 Å². The summed E-state index contributed by atoms with van der Waals surface area (Å²) in [7, 11) is 0. The van der Waals surface area contributed by atoms with Crippen molar-refractivity contribution in [3.63, 3.8) is 0 Å². The van der Waals surface area contributed by atoms with Crippen LogP contribution in [-0.4, -0.2) is 35.7 Å². The number of amides is 1. The predicted octanol–water partition coefficient (Wildman–Crippen LogP) is 0.148. The van der Waals surface area contributed by atoms with E-state index in [1.165, 1.54) is 0 Å². The van der Waals surface area contributed by atoms with E-state index in [1.54, 1.807) is 6.92 Å². The van der Waals surface area contributed by atoms with Crippen LogP contribution in [0.1, 0.15) is 26.2 Å². The number of hydrogen-bond donors (Lipinski definition) is 2. The van der Waals surface area contributed by atoms with Crippen LogP contribution in [0, 0.1) is 11.8 Å². The number of carboxylic acid groups (broad SMARTS) is 1. The van der Waals surface area contributed by atoms with E-state index in [1.807, 2.05) is 0 Å². The Hall–Kier alpha value is -1.54. The fourth-order valence-electron chi connectivity index (χ4n) is 1.50. The van der Waals surface area contributed by atoms with Crippen LogP contribution in [0.4, 0.5) is 0 Å². The van der Waals surface area contributed by atoms with Crippen LogP contribution in [0.3, 0.4) is 0 Å². The normalized spacial score (nSPS) is 23.3. The Bertz CT molecular complexity index is 329. The molecule has 1 amide bonds. The van der Waals surface area contributed by atoms with Crippen molar-refractivity contribution in [1.82, 2.24) is 5.32 Å². The minimum absolute atomic E-state index is 0.248. The third-order valence-electron chi connectivity index (χ3n) is 2.31. The van der Waals surface area contributed by atoms with E-state index < -0.39 is 18.2 Å². The summed E-state index contributed by atoms with van der Waals surface area (Å²) in [6.07, 6.45) is -0.0243. The summed E-state index contributed by atoms with van der Waals surface area (Å²) in [6, 6.07) is 0. The molecule has 2 atom stereocenters. The number of carbonyl (C=O) groups excluding carboxylic acids is 1. The monoisotopic (exact) mass is 225 g/mol. The third kappa shape index (κ3) is 3.55. The number of nitrogens with one attached hydrogen (secondary N) is 1. The Morgan fingerprint density at radius 2 is 2.12 bits per heavy atom. The van der Waals surface area contributed by atoms with Gasteiger partial charge in [0.15, 0.2) is 6.10 Å². The summed E-state index contributed by atoms with van der Waals surface area (Å²) in [4.78, 5) is 22.1. The maximum atomic E-state index is 11.5. The average Bonchev–Trinajstić information content (AvgIpc) is 2.73. The second kappa shape index (κ2) is 6.13. The van der Waals surface area contributed by atoms with Crippen molar-refractivity contribution in [1.29, 1.82) is 0 Å². The lowest BCUT2D eigenvalue weighted by molar-refractivity contribution is -0.151. The van der Waals surface area contributed by atoms with Gasteiger partial charge in [-0.3, -0.25) is 4.79 Å². The van der Waals surface area contributed by atoms with E-state index >= 15 is 0 Å². The number of hydrogen-bond acceptors (Lipinski definition) is 3. The van der Waals surface area contributed by atoms with E-state index in [2.05, 4.69) is 17.2 Å². The minimum atomic E-state index is -1.01. The van der Waals surface area contributed by atoms with E-state index in [0.29, 0.717) is 25.8 Å². The Balaban J connectivity index is 2.27. The molecule has 88 valence electrons. The molecule has 0 radical (unpaired) electrons. The van der Waals surface area contributed by atoms with Crippen LogP contribution >= 0.6 is 0 Å². The van der Waals surface area contributed by atoms with Crippen molar-refractivity contribution in [2.45, 2.75) is 38.4 Å². The molecule has 0 aliphatic carbocycles. The molecule has 1 fully saturated rings. The molecule has 1 heterocycles. The van der Waals surface area contributed by atoms with Crippen molar-refractivity contribution < 1.29 is 19.4 Å². The molecule has 5 heteroatoms. The molecule has 0 spiro atoms. The Morgan fingerprint density at radius 1 is 1.44 bits per heavy atom. The Labute approximate surface area is 94.2 Å². The van der Waals surface area contributed by atoms with E-state index in [-0.39, 0.29) is 5.91 Å². The van der Waals surface area contributed by atoms with E-state index in [4.69, 9.17) is 9.84 Å². The van der Waals surface area contributed by atoms with Crippen LogP contribution in [0.25, 0.3) is 0 Å². The third-order valence-corrected chi connectivity index (χ3v) is 2.31. The largest absolute Gasteiger partial charge is 0.479 e. The molecule has 1 rings (SSSR count). The lowest BCUT2D eigenvalue weighted by Crippen LogP contribution is -2.36. The molecule has 2 N–H and O–H groups in total. The molecule has 16 heavy (non-hydrogen) atoms. The van der Waals surface area contributed by atoms with Crippen LogP contribution in [-0.2, 0) is 14.3 Å². The van der Waals surface area contributed by atoms with Gasteiger partial charge in [0, 0.05) is 13.0 Å². The zero-order valence-electron chi connectivity index (χ0n) is 9.16. The van der Waals surface area contributed by atoms with Gasteiger partial charge in [0.1, 0.15) is 6.10 Å². The van der Waals surface area contributed by atoms with Crippen molar-refractivity contribution >= 4 is 11.9 Å². The minimum Gasteiger partial charge on any atom is -0.479 e. The molecule has 5 nitrogen and oxygen atoms in total. The number of carboxylic acids is 1. The average molecular weight is 225 g/mol. The lowest BCUT2D eigenvalue weighted by atomic mass is 10.2. The van der Waals surface area contributed by atoms with Crippen LogP contribution in [0.15, 0.2) is 0 Å². The van der Waals surface area contributed by atoms with Gasteiger partial charge in [0.25, 0.3) is 0 Å². The van der Waals surface area contributed by atoms with Gasteiger partial charge in [0.05, 0.1) is 0 Å². The molecule has 1 aliphatic rings. The summed E-state index contributed by atoms with van der Waals surface area (Å²) in [6.45, 7) is 2.20. The van der Waals surface area contributed by atoms with Crippen molar-refractivity contribution in [3.8, 4) is 11.8 Å². The summed E-state index contributed by atoms with van der Waals surface area (Å²) < 4.78 is 5.09. The topological polar surface area (TPSA) is 75.6 Å². The smallest absolute Gasteiger partial charge is 0.332 e. The first-order valence-corrected chi connectivity index (χ1v) is 5.20. The SMILES string of the molecule is CC#CCCNC(=O)C1CCC(C(=O)O)O1. The van der Waals surface area contributed by atoms with Crippen molar-refractivity contribution in [2.24, 2.45) is 0 Å². The summed E-state index contributed by atoms with van der Waals surface area (Å²) in [5.74, 6) is 4.29.